The molecule has 158 valence electrons. The molecule has 0 unspecified atom stereocenters. The van der Waals surface area contributed by atoms with Crippen molar-refractivity contribution < 1.29 is 4.79 Å². The monoisotopic (exact) mass is 430 g/mol. The molecule has 0 N–H and O–H groups in total. The van der Waals surface area contributed by atoms with E-state index in [-0.39, 0.29) is 5.78 Å². The molecule has 0 bridgehead atoms. The summed E-state index contributed by atoms with van der Waals surface area (Å²) >= 11 is 1.43. The molecule has 0 aliphatic rings. The van der Waals surface area contributed by atoms with Crippen molar-refractivity contribution in [1.82, 2.24) is 19.3 Å². The Morgan fingerprint density at radius 2 is 1.68 bits per heavy atom. The van der Waals surface area contributed by atoms with Crippen LogP contribution in [0.25, 0.3) is 11.4 Å². The number of carbonyl (C=O) groups excluding carboxylic acids is 1. The Balaban J connectivity index is 1.49. The molecule has 2 heterocycles. The van der Waals surface area contributed by atoms with Crippen LogP contribution in [0.2, 0.25) is 0 Å². The molecule has 0 fully saturated rings. The number of hydrogen-bond acceptors (Lipinski definition) is 4. The van der Waals surface area contributed by atoms with Gasteiger partial charge in [0, 0.05) is 36.1 Å². The molecular formula is C25H26N4OS. The molecule has 2 aromatic heterocycles. The maximum atomic E-state index is 13.0. The fourth-order valence-electron chi connectivity index (χ4n) is 3.80. The minimum absolute atomic E-state index is 0.109. The summed E-state index contributed by atoms with van der Waals surface area (Å²) in [6.45, 7) is 6.90. The molecule has 6 heteroatoms. The molecule has 0 atom stereocenters. The van der Waals surface area contributed by atoms with Gasteiger partial charge in [0.2, 0.25) is 0 Å². The van der Waals surface area contributed by atoms with E-state index in [1.54, 1.807) is 0 Å². The van der Waals surface area contributed by atoms with Gasteiger partial charge in [0.15, 0.2) is 16.8 Å². The highest BCUT2D eigenvalue weighted by Gasteiger charge is 2.18. The topological polar surface area (TPSA) is 52.7 Å². The number of carbonyl (C=O) groups is 1. The number of rotatable bonds is 7. The van der Waals surface area contributed by atoms with Crippen LogP contribution in [0, 0.1) is 20.8 Å². The first kappa shape index (κ1) is 21.1. The van der Waals surface area contributed by atoms with Crippen molar-refractivity contribution in [2.75, 3.05) is 5.75 Å². The fraction of sp³-hybridized carbons (Fsp3) is 0.240. The van der Waals surface area contributed by atoms with E-state index < -0.39 is 0 Å². The largest absolute Gasteiger partial charge is 0.344 e. The van der Waals surface area contributed by atoms with Gasteiger partial charge >= 0.3 is 0 Å². The van der Waals surface area contributed by atoms with E-state index in [1.165, 1.54) is 17.3 Å². The highest BCUT2D eigenvalue weighted by atomic mass is 32.2. The van der Waals surface area contributed by atoms with Gasteiger partial charge < -0.3 is 9.13 Å². The summed E-state index contributed by atoms with van der Waals surface area (Å²) in [6.07, 6.45) is 0. The van der Waals surface area contributed by atoms with Crippen LogP contribution in [0.15, 0.2) is 65.8 Å². The first-order valence-corrected chi connectivity index (χ1v) is 11.3. The van der Waals surface area contributed by atoms with E-state index >= 15 is 0 Å². The van der Waals surface area contributed by atoms with E-state index in [0.29, 0.717) is 5.75 Å². The van der Waals surface area contributed by atoms with Gasteiger partial charge in [-0.1, -0.05) is 66.4 Å². The van der Waals surface area contributed by atoms with E-state index in [1.807, 2.05) is 61.0 Å². The number of aromatic nitrogens is 4. The number of Topliss-reactive ketones (excluding diaryl/α,β-unsaturated/α-hetero) is 1. The van der Waals surface area contributed by atoms with Crippen LogP contribution in [-0.4, -0.2) is 30.9 Å². The van der Waals surface area contributed by atoms with E-state index in [2.05, 4.69) is 46.8 Å². The fourth-order valence-corrected chi connectivity index (χ4v) is 4.59. The summed E-state index contributed by atoms with van der Waals surface area (Å²) in [5, 5.41) is 9.42. The van der Waals surface area contributed by atoms with Crippen molar-refractivity contribution in [3.8, 4) is 11.4 Å². The average molecular weight is 431 g/mol. The second kappa shape index (κ2) is 8.94. The third-order valence-corrected chi connectivity index (χ3v) is 6.63. The van der Waals surface area contributed by atoms with Gasteiger partial charge in [-0.05, 0) is 38.0 Å². The van der Waals surface area contributed by atoms with Crippen LogP contribution in [0.5, 0.6) is 0 Å². The van der Waals surface area contributed by atoms with E-state index in [0.717, 1.165) is 45.6 Å². The van der Waals surface area contributed by atoms with Gasteiger partial charge in [-0.15, -0.1) is 10.2 Å². The molecule has 31 heavy (non-hydrogen) atoms. The third kappa shape index (κ3) is 4.35. The Kier molecular flexibility index (Phi) is 6.09. The molecular weight excluding hydrogens is 404 g/mol. The van der Waals surface area contributed by atoms with Crippen molar-refractivity contribution in [3.63, 3.8) is 0 Å². The summed E-state index contributed by atoms with van der Waals surface area (Å²) in [6, 6.07) is 20.4. The number of benzene rings is 2. The Morgan fingerprint density at radius 3 is 2.42 bits per heavy atom. The number of nitrogens with zero attached hydrogens (tertiary/aromatic N) is 4. The van der Waals surface area contributed by atoms with Gasteiger partial charge in [-0.3, -0.25) is 4.79 Å². The zero-order chi connectivity index (χ0) is 22.0. The van der Waals surface area contributed by atoms with Gasteiger partial charge in [-0.2, -0.15) is 0 Å². The Hall–Kier alpha value is -3.12. The van der Waals surface area contributed by atoms with Gasteiger partial charge in [0.05, 0.1) is 5.75 Å². The predicted molar refractivity (Wildman–Crippen MR) is 126 cm³/mol. The first-order chi connectivity index (χ1) is 15.0. The number of aryl methyl sites for hydroxylation is 2. The van der Waals surface area contributed by atoms with Crippen LogP contribution in [0.4, 0.5) is 0 Å². The first-order valence-electron chi connectivity index (χ1n) is 10.3. The maximum absolute atomic E-state index is 13.0. The summed E-state index contributed by atoms with van der Waals surface area (Å²) in [4.78, 5) is 13.0. The second-order valence-corrected chi connectivity index (χ2v) is 8.69. The molecule has 2 aromatic carbocycles. The maximum Gasteiger partial charge on any atom is 0.191 e. The Labute approximate surface area is 187 Å². The molecule has 5 nitrogen and oxygen atoms in total. The smallest absolute Gasteiger partial charge is 0.191 e. The molecule has 0 aliphatic heterocycles. The lowest BCUT2D eigenvalue weighted by atomic mass is 10.1. The normalized spacial score (nSPS) is 11.1. The summed E-state index contributed by atoms with van der Waals surface area (Å²) in [5.41, 5.74) is 6.31. The van der Waals surface area contributed by atoms with Crippen molar-refractivity contribution in [2.45, 2.75) is 32.5 Å². The molecule has 4 aromatic rings. The van der Waals surface area contributed by atoms with Gasteiger partial charge in [0.25, 0.3) is 0 Å². The van der Waals surface area contributed by atoms with Gasteiger partial charge in [-0.25, -0.2) is 0 Å². The van der Waals surface area contributed by atoms with Crippen molar-refractivity contribution >= 4 is 17.5 Å². The Bertz CT molecular complexity index is 1220. The minimum Gasteiger partial charge on any atom is -0.344 e. The van der Waals surface area contributed by atoms with Crippen LogP contribution in [-0.2, 0) is 13.6 Å². The number of ketones is 1. The van der Waals surface area contributed by atoms with Crippen LogP contribution in [0.1, 0.15) is 32.9 Å². The highest BCUT2D eigenvalue weighted by Crippen LogP contribution is 2.26. The lowest BCUT2D eigenvalue weighted by molar-refractivity contribution is 0.102. The SMILES string of the molecule is Cc1ccccc1-c1nnc(SCC(=O)c2cc(C)n(Cc3ccccc3)c2C)n1C. The zero-order valence-corrected chi connectivity index (χ0v) is 19.1. The van der Waals surface area contributed by atoms with E-state index in [9.17, 15) is 4.79 Å². The summed E-state index contributed by atoms with van der Waals surface area (Å²) in [7, 11) is 1.94. The Morgan fingerprint density at radius 1 is 0.968 bits per heavy atom. The zero-order valence-electron chi connectivity index (χ0n) is 18.3. The molecule has 0 saturated heterocycles. The lowest BCUT2D eigenvalue weighted by Gasteiger charge is -2.10. The average Bonchev–Trinajstić information content (AvgIpc) is 3.27. The van der Waals surface area contributed by atoms with Crippen molar-refractivity contribution in [2.24, 2.45) is 7.05 Å². The molecule has 0 radical (unpaired) electrons. The third-order valence-electron chi connectivity index (χ3n) is 5.61. The lowest BCUT2D eigenvalue weighted by Crippen LogP contribution is -2.08. The van der Waals surface area contributed by atoms with Crippen LogP contribution >= 0.6 is 11.8 Å². The second-order valence-electron chi connectivity index (χ2n) is 7.75. The molecule has 4 rings (SSSR count). The standard InChI is InChI=1S/C25H26N4OS/c1-17-10-8-9-13-21(17)24-26-27-25(28(24)4)31-16-23(30)22-14-18(2)29(19(22)3)15-20-11-6-5-7-12-20/h5-14H,15-16H2,1-4H3. The number of thioether (sulfide) groups is 1. The molecule has 0 aliphatic carbocycles. The van der Waals surface area contributed by atoms with Crippen LogP contribution in [0.3, 0.4) is 0 Å². The van der Waals surface area contributed by atoms with Crippen molar-refractivity contribution in [1.29, 1.82) is 0 Å². The summed E-state index contributed by atoms with van der Waals surface area (Å²) < 4.78 is 4.16. The van der Waals surface area contributed by atoms with Gasteiger partial charge in [0.1, 0.15) is 0 Å². The quantitative estimate of drug-likeness (QED) is 0.297. The molecule has 0 saturated carbocycles. The van der Waals surface area contributed by atoms with E-state index in [4.69, 9.17) is 0 Å². The summed E-state index contributed by atoms with van der Waals surface area (Å²) in [5.74, 6) is 1.25. The predicted octanol–water partition coefficient (Wildman–Crippen LogP) is 5.23. The number of hydrogen-bond donors (Lipinski definition) is 0. The van der Waals surface area contributed by atoms with Crippen molar-refractivity contribution in [3.05, 3.63) is 88.7 Å². The van der Waals surface area contributed by atoms with Crippen LogP contribution < -0.4 is 0 Å². The molecule has 0 amide bonds. The molecule has 0 spiro atoms. The highest BCUT2D eigenvalue weighted by molar-refractivity contribution is 7.99. The minimum atomic E-state index is 0.109.